The van der Waals surface area contributed by atoms with Gasteiger partial charge in [-0.15, -0.1) is 0 Å². The Hall–Kier alpha value is -1.57. The Balaban J connectivity index is 3.63. The molecule has 72 valence electrons. The molecule has 0 bridgehead atoms. The van der Waals surface area contributed by atoms with Crippen molar-refractivity contribution in [3.8, 4) is 6.07 Å². The molecule has 2 N–H and O–H groups in total. The van der Waals surface area contributed by atoms with Crippen LogP contribution in [0.5, 0.6) is 0 Å². The lowest BCUT2D eigenvalue weighted by Crippen LogP contribution is -2.40. The highest BCUT2D eigenvalue weighted by Gasteiger charge is 2.06. The summed E-state index contributed by atoms with van der Waals surface area (Å²) in [5.41, 5.74) is 0. The maximum absolute atomic E-state index is 10.9. The number of urea groups is 1. The molecule has 0 aromatic rings. The topological polar surface area (TPSA) is 82.0 Å². The number of nitriles is 1. The molecule has 0 aliphatic carbocycles. The van der Waals surface area contributed by atoms with E-state index in [0.717, 1.165) is 0 Å². The fraction of sp³-hybridized carbons (Fsp3) is 0.625. The standard InChI is InChI=1S/C8H13N3O2/c1-6(2)5-10-8(13)11-7(12)3-4-9/h6H,3,5H2,1-2H3,(H2,10,11,12,13). The van der Waals surface area contributed by atoms with Gasteiger partial charge in [-0.1, -0.05) is 13.8 Å². The van der Waals surface area contributed by atoms with Crippen LogP contribution in [0.3, 0.4) is 0 Å². The van der Waals surface area contributed by atoms with Gasteiger partial charge in [0.05, 0.1) is 6.07 Å². The molecule has 0 saturated carbocycles. The number of amides is 3. The van der Waals surface area contributed by atoms with Crippen molar-refractivity contribution in [1.82, 2.24) is 10.6 Å². The summed E-state index contributed by atoms with van der Waals surface area (Å²) in [7, 11) is 0. The van der Waals surface area contributed by atoms with Gasteiger partial charge in [-0.25, -0.2) is 4.79 Å². The molecule has 0 aliphatic heterocycles. The molecule has 3 amide bonds. The Labute approximate surface area is 77.1 Å². The van der Waals surface area contributed by atoms with Gasteiger partial charge in [0, 0.05) is 6.54 Å². The summed E-state index contributed by atoms with van der Waals surface area (Å²) in [6.07, 6.45) is -0.297. The van der Waals surface area contributed by atoms with Crippen molar-refractivity contribution in [1.29, 1.82) is 5.26 Å². The first-order valence-corrected chi connectivity index (χ1v) is 4.01. The van der Waals surface area contributed by atoms with Crippen LogP contribution in [0.1, 0.15) is 20.3 Å². The van der Waals surface area contributed by atoms with Gasteiger partial charge in [0.2, 0.25) is 5.91 Å². The zero-order valence-electron chi connectivity index (χ0n) is 7.76. The van der Waals surface area contributed by atoms with E-state index >= 15 is 0 Å². The van der Waals surface area contributed by atoms with Crippen LogP contribution in [-0.2, 0) is 4.79 Å². The van der Waals surface area contributed by atoms with Crippen molar-refractivity contribution in [3.63, 3.8) is 0 Å². The van der Waals surface area contributed by atoms with Crippen LogP contribution in [0.4, 0.5) is 4.79 Å². The Morgan fingerprint density at radius 3 is 2.54 bits per heavy atom. The van der Waals surface area contributed by atoms with Crippen LogP contribution in [0.15, 0.2) is 0 Å². The first kappa shape index (κ1) is 11.4. The van der Waals surface area contributed by atoms with E-state index in [0.29, 0.717) is 12.5 Å². The average Bonchev–Trinajstić information content (AvgIpc) is 2.01. The van der Waals surface area contributed by atoms with Gasteiger partial charge < -0.3 is 5.32 Å². The number of rotatable bonds is 3. The molecular weight excluding hydrogens is 170 g/mol. The first-order chi connectivity index (χ1) is 6.06. The molecule has 0 radical (unpaired) electrons. The van der Waals surface area contributed by atoms with Crippen LogP contribution < -0.4 is 10.6 Å². The minimum atomic E-state index is -0.580. The molecule has 0 heterocycles. The lowest BCUT2D eigenvalue weighted by Gasteiger charge is -2.06. The number of imide groups is 1. The number of carbonyl (C=O) groups is 2. The molecule has 5 nitrogen and oxygen atoms in total. The van der Waals surface area contributed by atoms with Crippen molar-refractivity contribution in [2.75, 3.05) is 6.54 Å². The Morgan fingerprint density at radius 1 is 1.46 bits per heavy atom. The summed E-state index contributed by atoms with van der Waals surface area (Å²) < 4.78 is 0. The van der Waals surface area contributed by atoms with Gasteiger partial charge in [0.15, 0.2) is 0 Å². The second-order valence-corrected chi connectivity index (χ2v) is 2.99. The molecule has 0 atom stereocenters. The van der Waals surface area contributed by atoms with Crippen LogP contribution in [-0.4, -0.2) is 18.5 Å². The molecule has 0 saturated heterocycles. The van der Waals surface area contributed by atoms with Gasteiger partial charge in [-0.3, -0.25) is 10.1 Å². The van der Waals surface area contributed by atoms with Crippen molar-refractivity contribution in [3.05, 3.63) is 0 Å². The minimum Gasteiger partial charge on any atom is -0.338 e. The smallest absolute Gasteiger partial charge is 0.321 e. The van der Waals surface area contributed by atoms with Crippen LogP contribution >= 0.6 is 0 Å². The van der Waals surface area contributed by atoms with Gasteiger partial charge >= 0.3 is 6.03 Å². The van der Waals surface area contributed by atoms with Gasteiger partial charge in [0.25, 0.3) is 0 Å². The number of hydrogen-bond donors (Lipinski definition) is 2. The molecule has 0 rings (SSSR count). The fourth-order valence-electron chi connectivity index (χ4n) is 0.584. The summed E-state index contributed by atoms with van der Waals surface area (Å²) in [6.45, 7) is 4.39. The summed E-state index contributed by atoms with van der Waals surface area (Å²) in [5.74, 6) is -0.249. The van der Waals surface area contributed by atoms with Crippen LogP contribution in [0.25, 0.3) is 0 Å². The highest BCUT2D eigenvalue weighted by Crippen LogP contribution is 1.86. The predicted octanol–water partition coefficient (Wildman–Crippen LogP) is 0.382. The lowest BCUT2D eigenvalue weighted by molar-refractivity contribution is -0.119. The third-order valence-corrected chi connectivity index (χ3v) is 1.16. The molecule has 5 heteroatoms. The molecule has 13 heavy (non-hydrogen) atoms. The fourth-order valence-corrected chi connectivity index (χ4v) is 0.584. The number of nitrogens with zero attached hydrogens (tertiary/aromatic N) is 1. The third-order valence-electron chi connectivity index (χ3n) is 1.16. The summed E-state index contributed by atoms with van der Waals surface area (Å²) in [4.78, 5) is 21.6. The van der Waals surface area contributed by atoms with E-state index in [9.17, 15) is 9.59 Å². The molecule has 0 aromatic heterocycles. The van der Waals surface area contributed by atoms with Gasteiger partial charge in [0.1, 0.15) is 6.42 Å². The molecule has 0 aromatic carbocycles. The minimum absolute atomic E-state index is 0.297. The largest absolute Gasteiger partial charge is 0.338 e. The lowest BCUT2D eigenvalue weighted by atomic mass is 10.2. The van der Waals surface area contributed by atoms with Crippen molar-refractivity contribution in [2.24, 2.45) is 5.92 Å². The maximum Gasteiger partial charge on any atom is 0.321 e. The van der Waals surface area contributed by atoms with E-state index in [4.69, 9.17) is 5.26 Å². The second kappa shape index (κ2) is 6.00. The number of nitrogens with one attached hydrogen (secondary N) is 2. The monoisotopic (exact) mass is 183 g/mol. The van der Waals surface area contributed by atoms with E-state index in [1.165, 1.54) is 0 Å². The summed E-state index contributed by atoms with van der Waals surface area (Å²) >= 11 is 0. The Morgan fingerprint density at radius 2 is 2.08 bits per heavy atom. The SMILES string of the molecule is CC(C)CNC(=O)NC(=O)CC#N. The van der Waals surface area contributed by atoms with E-state index in [-0.39, 0.29) is 6.42 Å². The number of hydrogen-bond acceptors (Lipinski definition) is 3. The second-order valence-electron chi connectivity index (χ2n) is 2.99. The van der Waals surface area contributed by atoms with Crippen molar-refractivity contribution >= 4 is 11.9 Å². The summed E-state index contributed by atoms with van der Waals surface area (Å²) in [5, 5.41) is 12.6. The maximum atomic E-state index is 10.9. The molecule has 0 aliphatic rings. The van der Waals surface area contributed by atoms with Crippen molar-refractivity contribution in [2.45, 2.75) is 20.3 Å². The molecule has 0 fully saturated rings. The van der Waals surface area contributed by atoms with E-state index < -0.39 is 11.9 Å². The zero-order valence-corrected chi connectivity index (χ0v) is 7.76. The average molecular weight is 183 g/mol. The van der Waals surface area contributed by atoms with E-state index in [2.05, 4.69) is 5.32 Å². The molecule has 0 spiro atoms. The number of carbonyl (C=O) groups excluding carboxylic acids is 2. The van der Waals surface area contributed by atoms with Crippen LogP contribution in [0.2, 0.25) is 0 Å². The van der Waals surface area contributed by atoms with Crippen molar-refractivity contribution < 1.29 is 9.59 Å². The van der Waals surface area contributed by atoms with E-state index in [1.807, 2.05) is 19.2 Å². The Bertz CT molecular complexity index is 230. The third kappa shape index (κ3) is 6.81. The van der Waals surface area contributed by atoms with Gasteiger partial charge in [-0.05, 0) is 5.92 Å². The normalized spacial score (nSPS) is 9.08. The molecular formula is C8H13N3O2. The highest BCUT2D eigenvalue weighted by molar-refractivity contribution is 5.95. The van der Waals surface area contributed by atoms with Gasteiger partial charge in [-0.2, -0.15) is 5.26 Å². The molecule has 0 unspecified atom stereocenters. The Kier molecular flexibility index (Phi) is 5.28. The highest BCUT2D eigenvalue weighted by atomic mass is 16.2. The van der Waals surface area contributed by atoms with Crippen LogP contribution in [0, 0.1) is 17.2 Å². The predicted molar refractivity (Wildman–Crippen MR) is 46.6 cm³/mol. The quantitative estimate of drug-likeness (QED) is 0.663. The first-order valence-electron chi connectivity index (χ1n) is 4.01. The summed E-state index contributed by atoms with van der Waals surface area (Å²) in [6, 6.07) is 1.10. The van der Waals surface area contributed by atoms with E-state index in [1.54, 1.807) is 6.07 Å². The zero-order chi connectivity index (χ0) is 10.3.